The van der Waals surface area contributed by atoms with Gasteiger partial charge in [-0.3, -0.25) is 4.79 Å². The highest BCUT2D eigenvalue weighted by molar-refractivity contribution is 6.02. The molecule has 0 aliphatic carbocycles. The van der Waals surface area contributed by atoms with E-state index in [9.17, 15) is 4.79 Å². The number of carbonyl (C=O) groups is 1. The third kappa shape index (κ3) is 1.95. The summed E-state index contributed by atoms with van der Waals surface area (Å²) in [7, 11) is 0. The number of fused-ring (bicyclic) bond motifs is 2. The number of benzene rings is 1. The zero-order valence-electron chi connectivity index (χ0n) is 10.5. The topological polar surface area (TPSA) is 86.5 Å². The summed E-state index contributed by atoms with van der Waals surface area (Å²) < 4.78 is 10.6. The molecule has 1 aliphatic rings. The first-order chi connectivity index (χ1) is 9.69. The Kier molecular flexibility index (Phi) is 2.80. The molecular formula is C14H11N3O3. The predicted octanol–water partition coefficient (Wildman–Crippen LogP) is 0.909. The number of hydrogen-bond acceptors (Lipinski definition) is 5. The summed E-state index contributed by atoms with van der Waals surface area (Å²) in [6.07, 6.45) is 5.10. The Labute approximate surface area is 114 Å². The Morgan fingerprint density at radius 2 is 2.15 bits per heavy atom. The van der Waals surface area contributed by atoms with E-state index in [-0.39, 0.29) is 30.6 Å². The van der Waals surface area contributed by atoms with Crippen molar-refractivity contribution in [3.63, 3.8) is 0 Å². The van der Waals surface area contributed by atoms with Gasteiger partial charge in [-0.25, -0.2) is 4.98 Å². The van der Waals surface area contributed by atoms with Gasteiger partial charge in [0.1, 0.15) is 5.82 Å². The Morgan fingerprint density at radius 1 is 1.40 bits per heavy atom. The Morgan fingerprint density at radius 3 is 2.90 bits per heavy atom. The molecule has 3 rings (SSSR count). The quantitative estimate of drug-likeness (QED) is 0.791. The Bertz CT molecular complexity index is 749. The summed E-state index contributed by atoms with van der Waals surface area (Å²) >= 11 is 0. The molecule has 0 fully saturated rings. The first-order valence-corrected chi connectivity index (χ1v) is 5.90. The summed E-state index contributed by atoms with van der Waals surface area (Å²) in [5, 5.41) is 3.30. The zero-order chi connectivity index (χ0) is 14.1. The number of aromatic nitrogens is 1. The van der Waals surface area contributed by atoms with Crippen LogP contribution in [-0.2, 0) is 0 Å². The Balaban J connectivity index is 2.07. The molecule has 0 atom stereocenters. The molecule has 0 saturated heterocycles. The molecule has 0 unspecified atom stereocenters. The van der Waals surface area contributed by atoms with Crippen LogP contribution in [0.3, 0.4) is 0 Å². The highest BCUT2D eigenvalue weighted by atomic mass is 16.7. The normalized spacial score (nSPS) is 12.2. The van der Waals surface area contributed by atoms with Crippen molar-refractivity contribution in [2.75, 3.05) is 19.1 Å². The standard InChI is InChI=1S/C14H11N3O3/c1-2-3-16-14(18)9-4-8-5-11-12(20-7-19-11)6-10(8)17-13(9)15/h1,4-6H,3,7H2,(H2,15,17)(H,16,18). The third-order valence-corrected chi connectivity index (χ3v) is 2.93. The number of ether oxygens (including phenoxy) is 2. The maximum Gasteiger partial charge on any atom is 0.255 e. The number of carbonyl (C=O) groups excluding carboxylic acids is 1. The van der Waals surface area contributed by atoms with Gasteiger partial charge < -0.3 is 20.5 Å². The average molecular weight is 269 g/mol. The van der Waals surface area contributed by atoms with E-state index in [4.69, 9.17) is 21.6 Å². The molecule has 1 aliphatic heterocycles. The van der Waals surface area contributed by atoms with Crippen molar-refractivity contribution < 1.29 is 14.3 Å². The smallest absolute Gasteiger partial charge is 0.255 e. The molecule has 0 bridgehead atoms. The van der Waals surface area contributed by atoms with Gasteiger partial charge in [0.05, 0.1) is 17.6 Å². The monoisotopic (exact) mass is 269 g/mol. The predicted molar refractivity (Wildman–Crippen MR) is 73.4 cm³/mol. The largest absolute Gasteiger partial charge is 0.454 e. The van der Waals surface area contributed by atoms with Crippen LogP contribution in [0, 0.1) is 12.3 Å². The van der Waals surface area contributed by atoms with E-state index in [0.29, 0.717) is 17.0 Å². The Hall–Kier alpha value is -2.94. The molecule has 6 nitrogen and oxygen atoms in total. The van der Waals surface area contributed by atoms with Crippen LogP contribution in [-0.4, -0.2) is 24.2 Å². The second kappa shape index (κ2) is 4.63. The van der Waals surface area contributed by atoms with E-state index in [1.54, 1.807) is 18.2 Å². The van der Waals surface area contributed by atoms with E-state index >= 15 is 0 Å². The third-order valence-electron chi connectivity index (χ3n) is 2.93. The fourth-order valence-corrected chi connectivity index (χ4v) is 1.99. The second-order valence-corrected chi connectivity index (χ2v) is 4.21. The molecule has 2 heterocycles. The molecule has 2 aromatic rings. The van der Waals surface area contributed by atoms with Crippen molar-refractivity contribution in [3.8, 4) is 23.8 Å². The van der Waals surface area contributed by atoms with Crippen molar-refractivity contribution in [1.82, 2.24) is 10.3 Å². The minimum Gasteiger partial charge on any atom is -0.454 e. The number of nitrogens with two attached hydrogens (primary N) is 1. The number of rotatable bonds is 2. The van der Waals surface area contributed by atoms with Crippen molar-refractivity contribution >= 4 is 22.6 Å². The maximum atomic E-state index is 11.9. The summed E-state index contributed by atoms with van der Waals surface area (Å²) in [6, 6.07) is 5.16. The van der Waals surface area contributed by atoms with Gasteiger partial charge in [0.2, 0.25) is 6.79 Å². The highest BCUT2D eigenvalue weighted by Gasteiger charge is 2.17. The molecule has 0 spiro atoms. The zero-order valence-corrected chi connectivity index (χ0v) is 10.5. The average Bonchev–Trinajstić information content (AvgIpc) is 2.88. The number of pyridine rings is 1. The molecule has 1 aromatic carbocycles. The van der Waals surface area contributed by atoms with E-state index in [1.807, 2.05) is 0 Å². The molecule has 20 heavy (non-hydrogen) atoms. The number of hydrogen-bond donors (Lipinski definition) is 2. The van der Waals surface area contributed by atoms with E-state index < -0.39 is 0 Å². The van der Waals surface area contributed by atoms with Gasteiger partial charge in [0.25, 0.3) is 5.91 Å². The summed E-state index contributed by atoms with van der Waals surface area (Å²) in [5.41, 5.74) is 6.73. The van der Waals surface area contributed by atoms with Crippen LogP contribution in [0.1, 0.15) is 10.4 Å². The van der Waals surface area contributed by atoms with Gasteiger partial charge >= 0.3 is 0 Å². The van der Waals surface area contributed by atoms with Crippen LogP contribution < -0.4 is 20.5 Å². The fraction of sp³-hybridized carbons (Fsp3) is 0.143. The van der Waals surface area contributed by atoms with Crippen LogP contribution in [0.4, 0.5) is 5.82 Å². The molecule has 100 valence electrons. The first-order valence-electron chi connectivity index (χ1n) is 5.90. The van der Waals surface area contributed by atoms with Gasteiger partial charge in [0, 0.05) is 11.5 Å². The van der Waals surface area contributed by atoms with Crippen LogP contribution in [0.5, 0.6) is 11.5 Å². The number of anilines is 1. The van der Waals surface area contributed by atoms with Gasteiger partial charge in [-0.15, -0.1) is 6.42 Å². The van der Waals surface area contributed by atoms with E-state index in [2.05, 4.69) is 16.2 Å². The molecule has 3 N–H and O–H groups in total. The lowest BCUT2D eigenvalue weighted by molar-refractivity contribution is 0.0959. The van der Waals surface area contributed by atoms with Crippen molar-refractivity contribution in [3.05, 3.63) is 23.8 Å². The number of terminal acetylenes is 1. The van der Waals surface area contributed by atoms with Crippen molar-refractivity contribution in [1.29, 1.82) is 0 Å². The SMILES string of the molecule is C#CCNC(=O)c1cc2cc3c(cc2nc1N)OCO3. The molecule has 1 aromatic heterocycles. The highest BCUT2D eigenvalue weighted by Crippen LogP contribution is 2.36. The molecule has 0 radical (unpaired) electrons. The minimum atomic E-state index is -0.354. The van der Waals surface area contributed by atoms with E-state index in [1.165, 1.54) is 0 Å². The maximum absolute atomic E-state index is 11.9. The molecule has 1 amide bonds. The number of nitrogens with one attached hydrogen (secondary N) is 1. The van der Waals surface area contributed by atoms with Crippen LogP contribution in [0.25, 0.3) is 10.9 Å². The second-order valence-electron chi connectivity index (χ2n) is 4.21. The number of nitrogen functional groups attached to an aromatic ring is 1. The number of nitrogens with zero attached hydrogens (tertiary/aromatic N) is 1. The lowest BCUT2D eigenvalue weighted by atomic mass is 10.1. The molecule has 6 heteroatoms. The van der Waals surface area contributed by atoms with Crippen LogP contribution >= 0.6 is 0 Å². The van der Waals surface area contributed by atoms with Crippen molar-refractivity contribution in [2.45, 2.75) is 0 Å². The van der Waals surface area contributed by atoms with Gasteiger partial charge in [-0.05, 0) is 12.1 Å². The summed E-state index contributed by atoms with van der Waals surface area (Å²) in [6.45, 7) is 0.314. The van der Waals surface area contributed by atoms with Gasteiger partial charge in [-0.1, -0.05) is 5.92 Å². The van der Waals surface area contributed by atoms with Gasteiger partial charge in [-0.2, -0.15) is 0 Å². The summed E-state index contributed by atoms with van der Waals surface area (Å²) in [5.74, 6) is 3.36. The minimum absolute atomic E-state index is 0.136. The van der Waals surface area contributed by atoms with Crippen LogP contribution in [0.2, 0.25) is 0 Å². The lowest BCUT2D eigenvalue weighted by Gasteiger charge is -2.07. The van der Waals surface area contributed by atoms with Gasteiger partial charge in [0.15, 0.2) is 11.5 Å². The molecular weight excluding hydrogens is 258 g/mol. The van der Waals surface area contributed by atoms with E-state index in [0.717, 1.165) is 5.39 Å². The first kappa shape index (κ1) is 12.1. The lowest BCUT2D eigenvalue weighted by Crippen LogP contribution is -2.24. The fourth-order valence-electron chi connectivity index (χ4n) is 1.99. The molecule has 0 saturated carbocycles. The van der Waals surface area contributed by atoms with Crippen molar-refractivity contribution in [2.24, 2.45) is 0 Å². The summed E-state index contributed by atoms with van der Waals surface area (Å²) in [4.78, 5) is 16.1. The van der Waals surface area contributed by atoms with Crippen LogP contribution in [0.15, 0.2) is 18.2 Å². The number of amides is 1.